The maximum atomic E-state index is 11.8. The molecular formula is C11H16N2O4S. The van der Waals surface area contributed by atoms with Gasteiger partial charge in [0, 0.05) is 31.9 Å². The third-order valence-corrected chi connectivity index (χ3v) is 4.78. The molecule has 18 heavy (non-hydrogen) atoms. The minimum atomic E-state index is -3.80. The summed E-state index contributed by atoms with van der Waals surface area (Å²) in [6, 6.07) is 5.38. The van der Waals surface area contributed by atoms with E-state index in [0.29, 0.717) is 6.42 Å². The highest BCUT2D eigenvalue weighted by molar-refractivity contribution is 7.90. The van der Waals surface area contributed by atoms with Gasteiger partial charge in [0.2, 0.25) is 10.0 Å². The Morgan fingerprint density at radius 1 is 1.50 bits per heavy atom. The molecular weight excluding hydrogens is 256 g/mol. The fraction of sp³-hybridized carbons (Fsp3) is 0.455. The summed E-state index contributed by atoms with van der Waals surface area (Å²) in [5.74, 6) is -1.35. The smallest absolute Gasteiger partial charge is 0.323 e. The number of rotatable bonds is 6. The summed E-state index contributed by atoms with van der Waals surface area (Å²) in [6.07, 6.45) is 2.08. The number of aliphatic carboxylic acids is 1. The number of pyridine rings is 1. The Morgan fingerprint density at radius 3 is 2.67 bits per heavy atom. The van der Waals surface area contributed by atoms with E-state index in [1.807, 2.05) is 6.07 Å². The van der Waals surface area contributed by atoms with E-state index in [-0.39, 0.29) is 6.54 Å². The molecule has 0 aliphatic rings. The van der Waals surface area contributed by atoms with Crippen LogP contribution in [0.15, 0.2) is 24.4 Å². The summed E-state index contributed by atoms with van der Waals surface area (Å²) in [6.45, 7) is 1.37. The van der Waals surface area contributed by atoms with E-state index < -0.39 is 21.2 Å². The van der Waals surface area contributed by atoms with E-state index in [1.165, 1.54) is 7.05 Å². The number of sulfonamides is 1. The Bertz CT molecular complexity index is 501. The first-order chi connectivity index (χ1) is 8.35. The van der Waals surface area contributed by atoms with Crippen LogP contribution in [0.25, 0.3) is 0 Å². The second kappa shape index (κ2) is 5.92. The third kappa shape index (κ3) is 3.51. The Labute approximate surface area is 106 Å². The highest BCUT2D eigenvalue weighted by Crippen LogP contribution is 2.08. The zero-order valence-corrected chi connectivity index (χ0v) is 11.1. The molecule has 0 spiro atoms. The largest absolute Gasteiger partial charge is 0.480 e. The van der Waals surface area contributed by atoms with Crippen LogP contribution in [-0.4, -0.2) is 47.6 Å². The number of carboxylic acid groups (broad SMARTS) is 1. The van der Waals surface area contributed by atoms with Gasteiger partial charge in [-0.1, -0.05) is 6.07 Å². The molecule has 1 unspecified atom stereocenters. The first kappa shape index (κ1) is 14.6. The van der Waals surface area contributed by atoms with Gasteiger partial charge in [0.25, 0.3) is 0 Å². The van der Waals surface area contributed by atoms with E-state index in [4.69, 9.17) is 5.11 Å². The molecule has 0 aliphatic heterocycles. The SMILES string of the molecule is CC(C(=O)O)S(=O)(=O)N(C)CCc1ccccn1. The van der Waals surface area contributed by atoms with Crippen molar-refractivity contribution < 1.29 is 18.3 Å². The average Bonchev–Trinajstić information content (AvgIpc) is 2.35. The predicted molar refractivity (Wildman–Crippen MR) is 66.6 cm³/mol. The molecule has 0 radical (unpaired) electrons. The second-order valence-electron chi connectivity index (χ2n) is 3.92. The van der Waals surface area contributed by atoms with Crippen molar-refractivity contribution in [2.45, 2.75) is 18.6 Å². The minimum Gasteiger partial charge on any atom is -0.480 e. The average molecular weight is 272 g/mol. The molecule has 1 N–H and O–H groups in total. The fourth-order valence-corrected chi connectivity index (χ4v) is 2.48. The minimum absolute atomic E-state index is 0.205. The summed E-state index contributed by atoms with van der Waals surface area (Å²) in [5.41, 5.74) is 0.766. The molecule has 0 saturated carbocycles. The number of hydrogen-bond donors (Lipinski definition) is 1. The van der Waals surface area contributed by atoms with E-state index in [0.717, 1.165) is 16.9 Å². The van der Waals surface area contributed by atoms with Crippen LogP contribution in [0.1, 0.15) is 12.6 Å². The molecule has 1 rings (SSSR count). The lowest BCUT2D eigenvalue weighted by molar-refractivity contribution is -0.136. The molecule has 1 aromatic rings. The topological polar surface area (TPSA) is 87.6 Å². The molecule has 0 aliphatic carbocycles. The van der Waals surface area contributed by atoms with Crippen LogP contribution in [0.5, 0.6) is 0 Å². The summed E-state index contributed by atoms with van der Waals surface area (Å²) < 4.78 is 24.7. The van der Waals surface area contributed by atoms with Crippen LogP contribution in [0, 0.1) is 0 Å². The molecule has 1 aromatic heterocycles. The third-order valence-electron chi connectivity index (χ3n) is 2.64. The highest BCUT2D eigenvalue weighted by atomic mass is 32.2. The number of carboxylic acids is 1. The quantitative estimate of drug-likeness (QED) is 0.807. The van der Waals surface area contributed by atoms with Crippen molar-refractivity contribution >= 4 is 16.0 Å². The summed E-state index contributed by atoms with van der Waals surface area (Å²) in [5, 5.41) is 7.29. The van der Waals surface area contributed by atoms with Crippen molar-refractivity contribution in [3.8, 4) is 0 Å². The first-order valence-corrected chi connectivity index (χ1v) is 6.94. The van der Waals surface area contributed by atoms with Crippen molar-refractivity contribution in [1.29, 1.82) is 0 Å². The molecule has 7 heteroatoms. The number of nitrogens with zero attached hydrogens (tertiary/aromatic N) is 2. The van der Waals surface area contributed by atoms with Gasteiger partial charge in [-0.15, -0.1) is 0 Å². The van der Waals surface area contributed by atoms with Crippen LogP contribution in [0.3, 0.4) is 0 Å². The van der Waals surface area contributed by atoms with Gasteiger partial charge in [-0.25, -0.2) is 12.7 Å². The lowest BCUT2D eigenvalue weighted by atomic mass is 10.3. The molecule has 0 aromatic carbocycles. The Kier molecular flexibility index (Phi) is 4.80. The number of hydrogen-bond acceptors (Lipinski definition) is 4. The zero-order valence-electron chi connectivity index (χ0n) is 10.3. The molecule has 1 atom stereocenters. The van der Waals surface area contributed by atoms with Crippen molar-refractivity contribution in [3.63, 3.8) is 0 Å². The van der Waals surface area contributed by atoms with Crippen LogP contribution in [0.4, 0.5) is 0 Å². The van der Waals surface area contributed by atoms with Crippen molar-refractivity contribution in [1.82, 2.24) is 9.29 Å². The summed E-state index contributed by atoms with van der Waals surface area (Å²) in [7, 11) is -2.43. The number of likely N-dealkylation sites (N-methyl/N-ethyl adjacent to an activating group) is 1. The predicted octanol–water partition coefficient (Wildman–Crippen LogP) is 0.359. The van der Waals surface area contributed by atoms with Gasteiger partial charge in [0.1, 0.15) is 0 Å². The number of carbonyl (C=O) groups is 1. The van der Waals surface area contributed by atoms with Crippen LogP contribution < -0.4 is 0 Å². The van der Waals surface area contributed by atoms with Gasteiger partial charge in [0.05, 0.1) is 0 Å². The highest BCUT2D eigenvalue weighted by Gasteiger charge is 2.31. The molecule has 0 fully saturated rings. The fourth-order valence-electron chi connectivity index (χ4n) is 1.34. The molecule has 1 heterocycles. The van der Waals surface area contributed by atoms with Crippen LogP contribution in [0.2, 0.25) is 0 Å². The molecule has 0 amide bonds. The van der Waals surface area contributed by atoms with Gasteiger partial charge in [0.15, 0.2) is 5.25 Å². The monoisotopic (exact) mass is 272 g/mol. The maximum absolute atomic E-state index is 11.8. The van der Waals surface area contributed by atoms with Gasteiger partial charge in [-0.05, 0) is 19.1 Å². The van der Waals surface area contributed by atoms with Crippen LogP contribution in [-0.2, 0) is 21.2 Å². The lowest BCUT2D eigenvalue weighted by Gasteiger charge is -2.19. The molecule has 6 nitrogen and oxygen atoms in total. The van der Waals surface area contributed by atoms with Crippen molar-refractivity contribution in [2.24, 2.45) is 0 Å². The summed E-state index contributed by atoms with van der Waals surface area (Å²) in [4.78, 5) is 14.8. The Hall–Kier alpha value is -1.47. The molecule has 0 bridgehead atoms. The Morgan fingerprint density at radius 2 is 2.17 bits per heavy atom. The van der Waals surface area contributed by atoms with Crippen molar-refractivity contribution in [3.05, 3.63) is 30.1 Å². The zero-order chi connectivity index (χ0) is 13.8. The van der Waals surface area contributed by atoms with Gasteiger partial charge < -0.3 is 5.11 Å². The standard InChI is InChI=1S/C11H16N2O4S/c1-9(11(14)15)18(16,17)13(2)8-6-10-5-3-4-7-12-10/h3-5,7,9H,6,8H2,1-2H3,(H,14,15). The lowest BCUT2D eigenvalue weighted by Crippen LogP contribution is -2.39. The molecule has 0 saturated heterocycles. The number of aromatic nitrogens is 1. The first-order valence-electron chi connectivity index (χ1n) is 5.43. The van der Waals surface area contributed by atoms with Crippen LogP contribution >= 0.6 is 0 Å². The van der Waals surface area contributed by atoms with Gasteiger partial charge in [-0.3, -0.25) is 9.78 Å². The maximum Gasteiger partial charge on any atom is 0.323 e. The molecule has 100 valence electrons. The Balaban J connectivity index is 2.66. The van der Waals surface area contributed by atoms with E-state index >= 15 is 0 Å². The second-order valence-corrected chi connectivity index (χ2v) is 6.28. The summed E-state index contributed by atoms with van der Waals surface area (Å²) >= 11 is 0. The van der Waals surface area contributed by atoms with E-state index in [9.17, 15) is 13.2 Å². The van der Waals surface area contributed by atoms with Gasteiger partial charge in [-0.2, -0.15) is 0 Å². The van der Waals surface area contributed by atoms with Crippen molar-refractivity contribution in [2.75, 3.05) is 13.6 Å². The van der Waals surface area contributed by atoms with E-state index in [2.05, 4.69) is 4.98 Å². The normalized spacial score (nSPS) is 13.5. The van der Waals surface area contributed by atoms with Gasteiger partial charge >= 0.3 is 5.97 Å². The van der Waals surface area contributed by atoms with E-state index in [1.54, 1.807) is 18.3 Å².